The predicted octanol–water partition coefficient (Wildman–Crippen LogP) is 4.55. The van der Waals surface area contributed by atoms with Gasteiger partial charge in [-0.3, -0.25) is 0 Å². The number of halogens is 1. The predicted molar refractivity (Wildman–Crippen MR) is 77.8 cm³/mol. The number of unbranched alkanes of at least 4 members (excludes halogenated alkanes) is 1. The number of terminal acetylenes is 1. The highest BCUT2D eigenvalue weighted by molar-refractivity contribution is 7.10. The normalized spacial score (nSPS) is 12.4. The van der Waals surface area contributed by atoms with E-state index < -0.39 is 0 Å². The molecule has 0 saturated carbocycles. The van der Waals surface area contributed by atoms with Gasteiger partial charge in [-0.05, 0) is 43.7 Å². The monoisotopic (exact) mass is 269 g/mol. The SMILES string of the molecule is C#CCCCC(NCCC)c1scc(C)c1Cl. The van der Waals surface area contributed by atoms with E-state index in [2.05, 4.69) is 30.5 Å². The van der Waals surface area contributed by atoms with Gasteiger partial charge in [0.05, 0.1) is 5.02 Å². The number of aryl methyl sites for hydroxylation is 1. The summed E-state index contributed by atoms with van der Waals surface area (Å²) in [5, 5.41) is 6.60. The first kappa shape index (κ1) is 14.6. The number of hydrogen-bond acceptors (Lipinski definition) is 2. The maximum absolute atomic E-state index is 6.33. The van der Waals surface area contributed by atoms with E-state index in [-0.39, 0.29) is 0 Å². The van der Waals surface area contributed by atoms with Crippen LogP contribution < -0.4 is 5.32 Å². The lowest BCUT2D eigenvalue weighted by atomic mass is 10.1. The Hall–Kier alpha value is -0.490. The Kier molecular flexibility index (Phi) is 6.65. The van der Waals surface area contributed by atoms with E-state index >= 15 is 0 Å². The molecule has 94 valence electrons. The summed E-state index contributed by atoms with van der Waals surface area (Å²) in [7, 11) is 0. The molecule has 1 unspecified atom stereocenters. The van der Waals surface area contributed by atoms with E-state index in [1.807, 2.05) is 0 Å². The maximum atomic E-state index is 6.33. The van der Waals surface area contributed by atoms with E-state index in [0.29, 0.717) is 6.04 Å². The molecule has 1 rings (SSSR count). The Bertz CT molecular complexity index is 378. The smallest absolute Gasteiger partial charge is 0.0590 e. The van der Waals surface area contributed by atoms with E-state index in [0.717, 1.165) is 37.3 Å². The van der Waals surface area contributed by atoms with Gasteiger partial charge < -0.3 is 5.32 Å². The molecule has 1 N–H and O–H groups in total. The summed E-state index contributed by atoms with van der Waals surface area (Å²) >= 11 is 8.07. The Morgan fingerprint density at radius 2 is 2.35 bits per heavy atom. The second kappa shape index (κ2) is 7.76. The summed E-state index contributed by atoms with van der Waals surface area (Å²) in [5.41, 5.74) is 1.17. The molecule has 1 nitrogen and oxygen atoms in total. The molecule has 1 aromatic heterocycles. The first-order chi connectivity index (χ1) is 8.20. The first-order valence-electron chi connectivity index (χ1n) is 6.11. The summed E-state index contributed by atoms with van der Waals surface area (Å²) in [6, 6.07) is 0.356. The fourth-order valence-electron chi connectivity index (χ4n) is 1.74. The molecule has 0 bridgehead atoms. The van der Waals surface area contributed by atoms with Crippen LogP contribution in [0.4, 0.5) is 0 Å². The van der Waals surface area contributed by atoms with Crippen LogP contribution in [0.5, 0.6) is 0 Å². The first-order valence-corrected chi connectivity index (χ1v) is 7.36. The molecule has 0 aliphatic rings. The minimum Gasteiger partial charge on any atom is -0.309 e. The molecule has 3 heteroatoms. The highest BCUT2D eigenvalue weighted by atomic mass is 35.5. The average Bonchev–Trinajstić information content (AvgIpc) is 2.65. The lowest BCUT2D eigenvalue weighted by molar-refractivity contribution is 0.494. The van der Waals surface area contributed by atoms with Gasteiger partial charge in [-0.15, -0.1) is 23.7 Å². The summed E-state index contributed by atoms with van der Waals surface area (Å²) in [5.74, 6) is 2.69. The minimum absolute atomic E-state index is 0.356. The van der Waals surface area contributed by atoms with Crippen LogP contribution in [0, 0.1) is 19.3 Å². The van der Waals surface area contributed by atoms with E-state index in [1.165, 1.54) is 10.4 Å². The zero-order valence-corrected chi connectivity index (χ0v) is 12.1. The fourth-order valence-corrected chi connectivity index (χ4v) is 3.17. The number of thiophene rings is 1. The Balaban J connectivity index is 2.68. The standard InChI is InChI=1S/C14H20ClNS/c1-4-6-7-8-12(16-9-5-2)14-13(15)11(3)10-17-14/h1,10,12,16H,5-9H2,2-3H3. The van der Waals surface area contributed by atoms with Crippen LogP contribution in [0.25, 0.3) is 0 Å². The van der Waals surface area contributed by atoms with Crippen molar-refractivity contribution in [3.8, 4) is 12.3 Å². The lowest BCUT2D eigenvalue weighted by Crippen LogP contribution is -2.21. The van der Waals surface area contributed by atoms with Gasteiger partial charge in [-0.1, -0.05) is 18.5 Å². The molecule has 0 aliphatic carbocycles. The second-order valence-corrected chi connectivity index (χ2v) is 5.49. The van der Waals surface area contributed by atoms with Gasteiger partial charge in [0, 0.05) is 17.3 Å². The molecular formula is C14H20ClNS. The summed E-state index contributed by atoms with van der Waals surface area (Å²) in [4.78, 5) is 1.26. The highest BCUT2D eigenvalue weighted by Crippen LogP contribution is 2.34. The van der Waals surface area contributed by atoms with Gasteiger partial charge in [0.25, 0.3) is 0 Å². The van der Waals surface area contributed by atoms with Crippen molar-refractivity contribution in [1.82, 2.24) is 5.32 Å². The molecule has 0 aromatic carbocycles. The third kappa shape index (κ3) is 4.35. The molecule has 1 heterocycles. The van der Waals surface area contributed by atoms with Crippen molar-refractivity contribution in [3.05, 3.63) is 20.8 Å². The van der Waals surface area contributed by atoms with Crippen molar-refractivity contribution in [2.45, 2.75) is 45.6 Å². The molecule has 0 aliphatic heterocycles. The molecule has 17 heavy (non-hydrogen) atoms. The van der Waals surface area contributed by atoms with Crippen LogP contribution in [0.2, 0.25) is 5.02 Å². The Morgan fingerprint density at radius 3 is 2.88 bits per heavy atom. The molecule has 1 atom stereocenters. The summed E-state index contributed by atoms with van der Waals surface area (Å²) in [6.07, 6.45) is 9.37. The number of hydrogen-bond donors (Lipinski definition) is 1. The largest absolute Gasteiger partial charge is 0.309 e. The molecule has 0 spiro atoms. The lowest BCUT2D eigenvalue weighted by Gasteiger charge is -2.17. The van der Waals surface area contributed by atoms with Gasteiger partial charge in [0.1, 0.15) is 0 Å². The zero-order chi connectivity index (χ0) is 12.7. The van der Waals surface area contributed by atoms with E-state index in [1.54, 1.807) is 11.3 Å². The average molecular weight is 270 g/mol. The van der Waals surface area contributed by atoms with Crippen molar-refractivity contribution in [1.29, 1.82) is 0 Å². The second-order valence-electron chi connectivity index (χ2n) is 4.20. The van der Waals surface area contributed by atoms with Crippen LogP contribution >= 0.6 is 22.9 Å². The molecule has 0 saturated heterocycles. The topological polar surface area (TPSA) is 12.0 Å². The van der Waals surface area contributed by atoms with Crippen LogP contribution in [0.15, 0.2) is 5.38 Å². The maximum Gasteiger partial charge on any atom is 0.0590 e. The van der Waals surface area contributed by atoms with E-state index in [9.17, 15) is 0 Å². The van der Waals surface area contributed by atoms with Gasteiger partial charge in [0.2, 0.25) is 0 Å². The Morgan fingerprint density at radius 1 is 1.59 bits per heavy atom. The van der Waals surface area contributed by atoms with Crippen LogP contribution in [-0.4, -0.2) is 6.54 Å². The van der Waals surface area contributed by atoms with Crippen molar-refractivity contribution in [3.63, 3.8) is 0 Å². The highest BCUT2D eigenvalue weighted by Gasteiger charge is 2.16. The third-order valence-corrected chi connectivity index (χ3v) is 4.52. The van der Waals surface area contributed by atoms with Crippen molar-refractivity contribution < 1.29 is 0 Å². The van der Waals surface area contributed by atoms with Crippen LogP contribution in [-0.2, 0) is 0 Å². The van der Waals surface area contributed by atoms with E-state index in [4.69, 9.17) is 18.0 Å². The van der Waals surface area contributed by atoms with Gasteiger partial charge in [0.15, 0.2) is 0 Å². The van der Waals surface area contributed by atoms with Gasteiger partial charge in [-0.25, -0.2) is 0 Å². The molecule has 0 fully saturated rings. The molecule has 1 aromatic rings. The number of rotatable bonds is 7. The third-order valence-electron chi connectivity index (χ3n) is 2.70. The van der Waals surface area contributed by atoms with Gasteiger partial charge in [-0.2, -0.15) is 0 Å². The Labute approximate surface area is 114 Å². The van der Waals surface area contributed by atoms with Crippen molar-refractivity contribution in [2.75, 3.05) is 6.54 Å². The van der Waals surface area contributed by atoms with Crippen molar-refractivity contribution >= 4 is 22.9 Å². The number of nitrogens with one attached hydrogen (secondary N) is 1. The van der Waals surface area contributed by atoms with Gasteiger partial charge >= 0.3 is 0 Å². The van der Waals surface area contributed by atoms with Crippen molar-refractivity contribution in [2.24, 2.45) is 0 Å². The van der Waals surface area contributed by atoms with Crippen LogP contribution in [0.3, 0.4) is 0 Å². The van der Waals surface area contributed by atoms with Crippen LogP contribution in [0.1, 0.15) is 49.1 Å². The zero-order valence-electron chi connectivity index (χ0n) is 10.6. The quantitative estimate of drug-likeness (QED) is 0.565. The molecule has 0 radical (unpaired) electrons. The molecular weight excluding hydrogens is 250 g/mol. The minimum atomic E-state index is 0.356. The summed E-state index contributed by atoms with van der Waals surface area (Å²) in [6.45, 7) is 5.25. The summed E-state index contributed by atoms with van der Waals surface area (Å²) < 4.78 is 0. The molecule has 0 amide bonds. The fraction of sp³-hybridized carbons (Fsp3) is 0.571.